The topological polar surface area (TPSA) is 41.9 Å². The average molecular weight is 362 g/mol. The number of hydrogen-bond donors (Lipinski definition) is 0. The molecule has 0 fully saturated rings. The van der Waals surface area contributed by atoms with Gasteiger partial charge in [-0.3, -0.25) is 4.57 Å². The molecule has 0 bridgehead atoms. The molecule has 0 N–H and O–H groups in total. The zero-order valence-corrected chi connectivity index (χ0v) is 15.3. The Morgan fingerprint density at radius 1 is 0.846 bits per heavy atom. The van der Waals surface area contributed by atoms with Gasteiger partial charge in [0.05, 0.1) is 11.4 Å². The van der Waals surface area contributed by atoms with Gasteiger partial charge in [-0.1, -0.05) is 78.9 Å². The summed E-state index contributed by atoms with van der Waals surface area (Å²) >= 11 is 0. The molecule has 0 aliphatic carbocycles. The molecule has 2 atom stereocenters. The molecule has 0 amide bonds. The molecule has 4 rings (SSSR count). The van der Waals surface area contributed by atoms with Crippen molar-refractivity contribution in [3.63, 3.8) is 0 Å². The van der Waals surface area contributed by atoms with Crippen molar-refractivity contribution in [2.45, 2.75) is 5.66 Å². The van der Waals surface area contributed by atoms with Crippen LogP contribution in [0.15, 0.2) is 96.1 Å². The maximum atomic E-state index is 14.0. The summed E-state index contributed by atoms with van der Waals surface area (Å²) in [7, 11) is -1.81. The van der Waals surface area contributed by atoms with Gasteiger partial charge in [0, 0.05) is 7.11 Å². The smallest absolute Gasteiger partial charge is 0.315 e. The summed E-state index contributed by atoms with van der Waals surface area (Å²) in [5, 5.41) is 4.77. The van der Waals surface area contributed by atoms with E-state index in [-0.39, 0.29) is 0 Å². The van der Waals surface area contributed by atoms with Crippen molar-refractivity contribution >= 4 is 18.9 Å². The lowest BCUT2D eigenvalue weighted by atomic mass is 10.0. The van der Waals surface area contributed by atoms with Crippen molar-refractivity contribution in [2.24, 2.45) is 5.10 Å². The third kappa shape index (κ3) is 2.78. The van der Waals surface area contributed by atoms with Crippen molar-refractivity contribution in [3.05, 3.63) is 102 Å². The molecule has 3 aromatic carbocycles. The van der Waals surface area contributed by atoms with Gasteiger partial charge in [0.1, 0.15) is 5.66 Å². The molecule has 130 valence electrons. The third-order valence-corrected chi connectivity index (χ3v) is 7.05. The summed E-state index contributed by atoms with van der Waals surface area (Å²) < 4.78 is 21.2. The van der Waals surface area contributed by atoms with Crippen molar-refractivity contribution in [1.29, 1.82) is 0 Å². The molecule has 3 aromatic rings. The number of hydrogen-bond acceptors (Lipinski definition) is 3. The van der Waals surface area contributed by atoms with Crippen LogP contribution < -0.4 is 4.78 Å². The molecule has 0 radical (unpaired) electrons. The fraction of sp³-hybridized carbons (Fsp3) is 0.0952. The van der Waals surface area contributed by atoms with E-state index in [1.807, 2.05) is 91.0 Å². The van der Waals surface area contributed by atoms with Gasteiger partial charge in [0.25, 0.3) is 0 Å². The van der Waals surface area contributed by atoms with Crippen LogP contribution in [-0.4, -0.2) is 12.8 Å². The van der Waals surface area contributed by atoms with Gasteiger partial charge in [-0.2, -0.15) is 9.88 Å². The normalized spacial score (nSPS) is 22.3. The Hall–Kier alpha value is -2.68. The highest BCUT2D eigenvalue weighted by Gasteiger charge is 2.50. The first-order valence-corrected chi connectivity index (χ1v) is 10.1. The lowest BCUT2D eigenvalue weighted by Gasteiger charge is -2.26. The number of anilines is 1. The van der Waals surface area contributed by atoms with Gasteiger partial charge in [-0.25, -0.2) is 0 Å². The van der Waals surface area contributed by atoms with E-state index >= 15 is 0 Å². The van der Waals surface area contributed by atoms with E-state index in [0.29, 0.717) is 0 Å². The molecule has 0 spiro atoms. The van der Waals surface area contributed by atoms with E-state index in [1.54, 1.807) is 4.78 Å². The van der Waals surface area contributed by atoms with Gasteiger partial charge in [-0.05, 0) is 23.3 Å². The molecule has 1 heterocycles. The van der Waals surface area contributed by atoms with Gasteiger partial charge in [-0.15, -0.1) is 0 Å². The summed E-state index contributed by atoms with van der Waals surface area (Å²) in [6.07, 6.45) is 0. The first kappa shape index (κ1) is 16.8. The lowest BCUT2D eigenvalue weighted by Crippen LogP contribution is -2.14. The molecule has 0 saturated heterocycles. The molecule has 1 aliphatic heterocycles. The standard InChI is InChI=1S/C21H19N2O2P/c1-25-26(24)21(18-13-7-3-8-14-18)20(17-11-5-2-6-12-17)22-23(26)19-15-9-4-10-16-19/h2-16,21H,1H3. The fourth-order valence-electron chi connectivity index (χ4n) is 3.25. The molecule has 1 aliphatic rings. The summed E-state index contributed by atoms with van der Waals surface area (Å²) in [5.74, 6) is 0. The Morgan fingerprint density at radius 2 is 1.38 bits per heavy atom. The van der Waals surface area contributed by atoms with Crippen LogP contribution in [0.3, 0.4) is 0 Å². The van der Waals surface area contributed by atoms with Crippen LogP contribution >= 0.6 is 7.52 Å². The largest absolute Gasteiger partial charge is 0.329 e. The van der Waals surface area contributed by atoms with Gasteiger partial charge in [0.2, 0.25) is 0 Å². The van der Waals surface area contributed by atoms with Crippen LogP contribution in [-0.2, 0) is 9.09 Å². The first-order chi connectivity index (χ1) is 12.7. The third-order valence-electron chi connectivity index (χ3n) is 4.49. The van der Waals surface area contributed by atoms with E-state index in [1.165, 1.54) is 7.11 Å². The molecular formula is C21H19N2O2P. The number of benzene rings is 3. The molecule has 5 heteroatoms. The second kappa shape index (κ2) is 6.91. The zero-order chi connectivity index (χ0) is 18.0. The van der Waals surface area contributed by atoms with Gasteiger partial charge in [0.15, 0.2) is 0 Å². The number of rotatable bonds is 4. The number of hydrazone groups is 1. The second-order valence-corrected chi connectivity index (χ2v) is 8.42. The molecule has 26 heavy (non-hydrogen) atoms. The molecular weight excluding hydrogens is 343 g/mol. The predicted octanol–water partition coefficient (Wildman–Crippen LogP) is 5.49. The molecule has 0 saturated carbocycles. The highest BCUT2D eigenvalue weighted by atomic mass is 31.2. The SMILES string of the molecule is COP1(=O)C(c2ccccc2)C(c2ccccc2)=NN1c1ccccc1. The van der Waals surface area contributed by atoms with Crippen LogP contribution in [0.25, 0.3) is 0 Å². The maximum absolute atomic E-state index is 14.0. The Bertz CT molecular complexity index is 959. The predicted molar refractivity (Wildman–Crippen MR) is 106 cm³/mol. The fourth-order valence-corrected chi connectivity index (χ4v) is 5.57. The Labute approximate surface area is 153 Å². The summed E-state index contributed by atoms with van der Waals surface area (Å²) in [5.41, 5.74) is 2.93. The molecule has 4 nitrogen and oxygen atoms in total. The lowest BCUT2D eigenvalue weighted by molar-refractivity contribution is 0.389. The highest BCUT2D eigenvalue weighted by Crippen LogP contribution is 2.68. The van der Waals surface area contributed by atoms with E-state index in [2.05, 4.69) is 0 Å². The van der Waals surface area contributed by atoms with Gasteiger partial charge >= 0.3 is 7.52 Å². The minimum Gasteiger partial charge on any atom is -0.315 e. The Kier molecular flexibility index (Phi) is 4.46. The van der Waals surface area contributed by atoms with E-state index < -0.39 is 13.2 Å². The Balaban J connectivity index is 1.92. The first-order valence-electron chi connectivity index (χ1n) is 8.44. The average Bonchev–Trinajstić information content (AvgIpc) is 3.04. The summed E-state index contributed by atoms with van der Waals surface area (Å²) in [6.45, 7) is 0. The maximum Gasteiger partial charge on any atom is 0.329 e. The van der Waals surface area contributed by atoms with Crippen LogP contribution in [0.4, 0.5) is 5.69 Å². The van der Waals surface area contributed by atoms with E-state index in [4.69, 9.17) is 9.63 Å². The number of nitrogens with zero attached hydrogens (tertiary/aromatic N) is 2. The van der Waals surface area contributed by atoms with Crippen LogP contribution in [0.1, 0.15) is 16.8 Å². The molecule has 2 unspecified atom stereocenters. The zero-order valence-electron chi connectivity index (χ0n) is 14.4. The van der Waals surface area contributed by atoms with Crippen LogP contribution in [0, 0.1) is 0 Å². The van der Waals surface area contributed by atoms with Crippen molar-refractivity contribution in [1.82, 2.24) is 0 Å². The highest BCUT2D eigenvalue weighted by molar-refractivity contribution is 7.62. The second-order valence-electron chi connectivity index (χ2n) is 6.04. The minimum absolute atomic E-state index is 0.448. The van der Waals surface area contributed by atoms with Crippen LogP contribution in [0.2, 0.25) is 0 Å². The number of para-hydroxylation sites is 1. The van der Waals surface area contributed by atoms with Gasteiger partial charge < -0.3 is 4.52 Å². The van der Waals surface area contributed by atoms with Crippen LogP contribution in [0.5, 0.6) is 0 Å². The minimum atomic E-state index is -3.31. The molecule has 0 aromatic heterocycles. The van der Waals surface area contributed by atoms with Crippen molar-refractivity contribution in [2.75, 3.05) is 11.9 Å². The summed E-state index contributed by atoms with van der Waals surface area (Å²) in [6, 6.07) is 29.2. The summed E-state index contributed by atoms with van der Waals surface area (Å²) in [4.78, 5) is 0. The van der Waals surface area contributed by atoms with Crippen molar-refractivity contribution < 1.29 is 9.09 Å². The quantitative estimate of drug-likeness (QED) is 0.576. The van der Waals surface area contributed by atoms with E-state index in [9.17, 15) is 4.57 Å². The monoisotopic (exact) mass is 362 g/mol. The Morgan fingerprint density at radius 3 is 1.96 bits per heavy atom. The van der Waals surface area contributed by atoms with Crippen molar-refractivity contribution in [3.8, 4) is 0 Å². The van der Waals surface area contributed by atoms with E-state index in [0.717, 1.165) is 22.5 Å².